The summed E-state index contributed by atoms with van der Waals surface area (Å²) in [4.78, 5) is 25.2. The SMILES string of the molecule is Nc1ncc(-c2ccc(S(=O)(=O)N3CCCC3)cc2)nc1C(=O)NCCCn1ccnc1. The molecule has 32 heavy (non-hydrogen) atoms. The third kappa shape index (κ3) is 4.78. The molecule has 3 heterocycles. The summed E-state index contributed by atoms with van der Waals surface area (Å²) in [6.45, 7) is 2.28. The molecule has 0 saturated carbocycles. The van der Waals surface area contributed by atoms with Gasteiger partial charge in [-0.05, 0) is 31.4 Å². The van der Waals surface area contributed by atoms with Gasteiger partial charge in [-0.3, -0.25) is 4.79 Å². The molecule has 168 valence electrons. The Morgan fingerprint density at radius 1 is 1.16 bits per heavy atom. The minimum Gasteiger partial charge on any atom is -0.382 e. The van der Waals surface area contributed by atoms with Crippen LogP contribution in [0.15, 0.2) is 54.1 Å². The van der Waals surface area contributed by atoms with E-state index in [9.17, 15) is 13.2 Å². The van der Waals surface area contributed by atoms with Crippen molar-refractivity contribution in [3.05, 3.63) is 54.9 Å². The van der Waals surface area contributed by atoms with Gasteiger partial charge in [0.2, 0.25) is 10.0 Å². The Hall–Kier alpha value is -3.31. The number of nitrogen functional groups attached to an aromatic ring is 1. The first-order chi connectivity index (χ1) is 15.4. The van der Waals surface area contributed by atoms with Crippen molar-refractivity contribution in [2.75, 3.05) is 25.4 Å². The van der Waals surface area contributed by atoms with Crippen molar-refractivity contribution in [3.63, 3.8) is 0 Å². The zero-order chi connectivity index (χ0) is 22.6. The van der Waals surface area contributed by atoms with Crippen molar-refractivity contribution in [1.82, 2.24) is 29.1 Å². The number of imidazole rings is 1. The third-order valence-corrected chi connectivity index (χ3v) is 7.22. The number of sulfonamides is 1. The molecular formula is C21H25N7O3S. The van der Waals surface area contributed by atoms with Crippen LogP contribution in [-0.4, -0.2) is 57.8 Å². The van der Waals surface area contributed by atoms with Crippen LogP contribution in [0.4, 0.5) is 5.82 Å². The van der Waals surface area contributed by atoms with Gasteiger partial charge >= 0.3 is 0 Å². The van der Waals surface area contributed by atoms with Gasteiger partial charge in [0.25, 0.3) is 5.91 Å². The van der Waals surface area contributed by atoms with Crippen LogP contribution in [0.5, 0.6) is 0 Å². The first-order valence-corrected chi connectivity index (χ1v) is 11.9. The molecule has 1 aliphatic heterocycles. The molecule has 0 atom stereocenters. The van der Waals surface area contributed by atoms with Gasteiger partial charge in [-0.2, -0.15) is 4.31 Å². The zero-order valence-corrected chi connectivity index (χ0v) is 18.3. The van der Waals surface area contributed by atoms with Crippen LogP contribution in [0.3, 0.4) is 0 Å². The molecule has 11 heteroatoms. The van der Waals surface area contributed by atoms with Gasteiger partial charge in [0.1, 0.15) is 0 Å². The molecule has 0 spiro atoms. The van der Waals surface area contributed by atoms with Crippen LogP contribution in [0, 0.1) is 0 Å². The van der Waals surface area contributed by atoms with E-state index in [0.717, 1.165) is 25.8 Å². The first kappa shape index (κ1) is 21.9. The first-order valence-electron chi connectivity index (χ1n) is 10.4. The Morgan fingerprint density at radius 3 is 2.59 bits per heavy atom. The van der Waals surface area contributed by atoms with Crippen LogP contribution in [0.2, 0.25) is 0 Å². The Balaban J connectivity index is 1.44. The van der Waals surface area contributed by atoms with E-state index in [1.165, 1.54) is 10.5 Å². The maximum absolute atomic E-state index is 12.7. The van der Waals surface area contributed by atoms with Crippen LogP contribution in [0.1, 0.15) is 29.8 Å². The summed E-state index contributed by atoms with van der Waals surface area (Å²) < 4.78 is 28.8. The van der Waals surface area contributed by atoms with Crippen LogP contribution >= 0.6 is 0 Å². The summed E-state index contributed by atoms with van der Waals surface area (Å²) >= 11 is 0. The lowest BCUT2D eigenvalue weighted by Gasteiger charge is -2.15. The minimum atomic E-state index is -3.49. The summed E-state index contributed by atoms with van der Waals surface area (Å²) in [6, 6.07) is 6.43. The second kappa shape index (κ2) is 9.45. The van der Waals surface area contributed by atoms with Gasteiger partial charge in [0.15, 0.2) is 11.5 Å². The quantitative estimate of drug-likeness (QED) is 0.492. The second-order valence-corrected chi connectivity index (χ2v) is 9.47. The van der Waals surface area contributed by atoms with Crippen molar-refractivity contribution in [2.45, 2.75) is 30.7 Å². The Bertz CT molecular complexity index is 1170. The van der Waals surface area contributed by atoms with Crippen molar-refractivity contribution in [2.24, 2.45) is 0 Å². The fraction of sp³-hybridized carbons (Fsp3) is 0.333. The highest BCUT2D eigenvalue weighted by atomic mass is 32.2. The topological polar surface area (TPSA) is 136 Å². The number of aryl methyl sites for hydroxylation is 1. The van der Waals surface area contributed by atoms with Crippen molar-refractivity contribution in [1.29, 1.82) is 0 Å². The molecule has 4 rings (SSSR count). The predicted octanol–water partition coefficient (Wildman–Crippen LogP) is 1.53. The Kier molecular flexibility index (Phi) is 6.47. The van der Waals surface area contributed by atoms with E-state index in [-0.39, 0.29) is 16.4 Å². The molecule has 1 aromatic carbocycles. The van der Waals surface area contributed by atoms with Crippen LogP contribution in [0.25, 0.3) is 11.3 Å². The highest BCUT2D eigenvalue weighted by molar-refractivity contribution is 7.89. The van der Waals surface area contributed by atoms with Gasteiger partial charge in [-0.15, -0.1) is 0 Å². The second-order valence-electron chi connectivity index (χ2n) is 7.53. The predicted molar refractivity (Wildman–Crippen MR) is 119 cm³/mol. The molecule has 1 fully saturated rings. The molecule has 1 aliphatic rings. The van der Waals surface area contributed by atoms with Crippen molar-refractivity contribution < 1.29 is 13.2 Å². The van der Waals surface area contributed by atoms with Gasteiger partial charge in [0.05, 0.1) is 23.1 Å². The summed E-state index contributed by atoms with van der Waals surface area (Å²) in [7, 11) is -3.49. The highest BCUT2D eigenvalue weighted by Gasteiger charge is 2.27. The average molecular weight is 456 g/mol. The van der Waals surface area contributed by atoms with Gasteiger partial charge in [0, 0.05) is 44.1 Å². The molecule has 0 radical (unpaired) electrons. The molecule has 3 N–H and O–H groups in total. The fourth-order valence-electron chi connectivity index (χ4n) is 3.55. The van der Waals surface area contributed by atoms with E-state index in [0.29, 0.717) is 30.9 Å². The number of anilines is 1. The minimum absolute atomic E-state index is 0.0362. The highest BCUT2D eigenvalue weighted by Crippen LogP contribution is 2.24. The van der Waals surface area contributed by atoms with E-state index in [4.69, 9.17) is 5.73 Å². The number of carbonyl (C=O) groups is 1. The number of hydrogen-bond acceptors (Lipinski definition) is 7. The molecular weight excluding hydrogens is 430 g/mol. The zero-order valence-electron chi connectivity index (χ0n) is 17.5. The number of hydrogen-bond donors (Lipinski definition) is 2. The number of nitrogens with two attached hydrogens (primary N) is 1. The molecule has 0 aliphatic carbocycles. The molecule has 10 nitrogen and oxygen atoms in total. The molecule has 0 unspecified atom stereocenters. The summed E-state index contributed by atoms with van der Waals surface area (Å²) in [6.07, 6.45) is 9.23. The van der Waals surface area contributed by atoms with Crippen LogP contribution < -0.4 is 11.1 Å². The lowest BCUT2D eigenvalue weighted by Crippen LogP contribution is -2.27. The average Bonchev–Trinajstić information content (AvgIpc) is 3.52. The maximum Gasteiger partial charge on any atom is 0.273 e. The molecule has 0 bridgehead atoms. The van der Waals surface area contributed by atoms with Gasteiger partial charge in [-0.1, -0.05) is 12.1 Å². The van der Waals surface area contributed by atoms with E-state index >= 15 is 0 Å². The van der Waals surface area contributed by atoms with E-state index in [1.807, 2.05) is 10.8 Å². The van der Waals surface area contributed by atoms with Crippen LogP contribution in [-0.2, 0) is 16.6 Å². The van der Waals surface area contributed by atoms with E-state index < -0.39 is 15.9 Å². The summed E-state index contributed by atoms with van der Waals surface area (Å²) in [5.74, 6) is -0.371. The molecule has 1 amide bonds. The molecule has 1 saturated heterocycles. The lowest BCUT2D eigenvalue weighted by atomic mass is 10.1. The number of benzene rings is 1. The van der Waals surface area contributed by atoms with Crippen molar-refractivity contribution in [3.8, 4) is 11.3 Å². The number of nitrogens with one attached hydrogen (secondary N) is 1. The third-order valence-electron chi connectivity index (χ3n) is 5.31. The number of aromatic nitrogens is 4. The number of nitrogens with zero attached hydrogens (tertiary/aromatic N) is 5. The number of amides is 1. The largest absolute Gasteiger partial charge is 0.382 e. The summed E-state index contributed by atoms with van der Waals surface area (Å²) in [5.41, 5.74) is 6.99. The monoisotopic (exact) mass is 455 g/mol. The number of rotatable bonds is 8. The van der Waals surface area contributed by atoms with E-state index in [2.05, 4.69) is 20.3 Å². The van der Waals surface area contributed by atoms with E-state index in [1.54, 1.807) is 36.8 Å². The number of carbonyl (C=O) groups excluding carboxylic acids is 1. The fourth-order valence-corrected chi connectivity index (χ4v) is 5.06. The lowest BCUT2D eigenvalue weighted by molar-refractivity contribution is 0.0948. The Morgan fingerprint density at radius 2 is 1.91 bits per heavy atom. The standard InChI is InChI=1S/C21H25N7O3S/c22-20-19(21(29)24-8-3-10-27-13-9-23-15-27)26-18(14-25-20)16-4-6-17(7-5-16)32(30,31)28-11-1-2-12-28/h4-7,9,13-15H,1-3,8,10-12H2,(H2,22,25)(H,24,29). The Labute approximate surface area is 186 Å². The summed E-state index contributed by atoms with van der Waals surface area (Å²) in [5, 5.41) is 2.80. The molecule has 2 aromatic heterocycles. The molecule has 3 aromatic rings. The maximum atomic E-state index is 12.7. The van der Waals surface area contributed by atoms with Crippen molar-refractivity contribution >= 4 is 21.7 Å². The van der Waals surface area contributed by atoms with Gasteiger partial charge in [-0.25, -0.2) is 23.4 Å². The smallest absolute Gasteiger partial charge is 0.273 e. The van der Waals surface area contributed by atoms with Gasteiger partial charge < -0.3 is 15.6 Å². The normalized spacial score (nSPS) is 14.5.